The van der Waals surface area contributed by atoms with Gasteiger partial charge in [-0.2, -0.15) is 0 Å². The van der Waals surface area contributed by atoms with Gasteiger partial charge in [0, 0.05) is 0 Å². The first-order valence-electron chi connectivity index (χ1n) is 5.05. The molecule has 0 aliphatic heterocycles. The average Bonchev–Trinajstić information content (AvgIpc) is 2.79. The van der Waals surface area contributed by atoms with Crippen molar-refractivity contribution < 1.29 is 9.15 Å². The van der Waals surface area contributed by atoms with E-state index in [1.165, 1.54) is 6.33 Å². The molecule has 0 bridgehead atoms. The monoisotopic (exact) mass is 219 g/mol. The topological polar surface area (TPSA) is 74.2 Å². The third-order valence-corrected chi connectivity index (χ3v) is 2.22. The molecule has 2 aromatic heterocycles. The Morgan fingerprint density at radius 3 is 3.00 bits per heavy atom. The van der Waals surface area contributed by atoms with Crippen LogP contribution in [-0.2, 0) is 13.0 Å². The molecule has 0 aliphatic rings. The lowest BCUT2D eigenvalue weighted by Crippen LogP contribution is -2.04. The van der Waals surface area contributed by atoms with Crippen LogP contribution in [0.1, 0.15) is 18.2 Å². The number of rotatable bonds is 4. The molecule has 5 heteroatoms. The fourth-order valence-corrected chi connectivity index (χ4v) is 1.40. The van der Waals surface area contributed by atoms with E-state index in [-0.39, 0.29) is 0 Å². The van der Waals surface area contributed by atoms with Gasteiger partial charge in [-0.3, -0.25) is 0 Å². The molecule has 0 spiro atoms. The Morgan fingerprint density at radius 1 is 1.44 bits per heavy atom. The molecule has 0 radical (unpaired) electrons. The van der Waals surface area contributed by atoms with E-state index in [0.29, 0.717) is 18.3 Å². The molecule has 0 atom stereocenters. The summed E-state index contributed by atoms with van der Waals surface area (Å²) >= 11 is 0. The van der Waals surface area contributed by atoms with Gasteiger partial charge in [-0.1, -0.05) is 6.92 Å². The number of nitrogens with two attached hydrogens (primary N) is 1. The van der Waals surface area contributed by atoms with Crippen molar-refractivity contribution in [2.24, 2.45) is 0 Å². The van der Waals surface area contributed by atoms with Gasteiger partial charge in [-0.05, 0) is 18.6 Å². The van der Waals surface area contributed by atoms with Crippen molar-refractivity contribution in [3.05, 3.63) is 36.0 Å². The number of nitrogen functional groups attached to an aromatic ring is 1. The molecular weight excluding hydrogens is 206 g/mol. The zero-order chi connectivity index (χ0) is 11.4. The minimum atomic E-state index is 0.344. The number of anilines is 1. The number of furan rings is 1. The summed E-state index contributed by atoms with van der Waals surface area (Å²) in [6.45, 7) is 2.32. The van der Waals surface area contributed by atoms with Crippen LogP contribution in [0, 0.1) is 0 Å². The van der Waals surface area contributed by atoms with Crippen molar-refractivity contribution in [2.75, 3.05) is 5.73 Å². The maximum absolute atomic E-state index is 5.73. The summed E-state index contributed by atoms with van der Waals surface area (Å²) in [7, 11) is 0. The third-order valence-electron chi connectivity index (χ3n) is 2.22. The van der Waals surface area contributed by atoms with Crippen LogP contribution in [0.3, 0.4) is 0 Å². The maximum Gasteiger partial charge on any atom is 0.222 e. The summed E-state index contributed by atoms with van der Waals surface area (Å²) in [5.41, 5.74) is 6.55. The van der Waals surface area contributed by atoms with Gasteiger partial charge >= 0.3 is 0 Å². The van der Waals surface area contributed by atoms with Crippen LogP contribution >= 0.6 is 0 Å². The van der Waals surface area contributed by atoms with Crippen molar-refractivity contribution in [3.63, 3.8) is 0 Å². The smallest absolute Gasteiger partial charge is 0.222 e. The van der Waals surface area contributed by atoms with Crippen molar-refractivity contribution in [1.82, 2.24) is 9.97 Å². The minimum absolute atomic E-state index is 0.344. The number of ether oxygens (including phenoxy) is 1. The fourth-order valence-electron chi connectivity index (χ4n) is 1.40. The lowest BCUT2D eigenvalue weighted by atomic mass is 10.2. The van der Waals surface area contributed by atoms with Gasteiger partial charge < -0.3 is 14.9 Å². The van der Waals surface area contributed by atoms with Gasteiger partial charge in [0.15, 0.2) is 0 Å². The normalized spacial score (nSPS) is 10.3. The van der Waals surface area contributed by atoms with Gasteiger partial charge in [0.2, 0.25) is 5.88 Å². The van der Waals surface area contributed by atoms with E-state index in [1.807, 2.05) is 19.1 Å². The molecule has 16 heavy (non-hydrogen) atoms. The predicted octanol–water partition coefficient (Wildman–Crippen LogP) is 1.79. The summed E-state index contributed by atoms with van der Waals surface area (Å²) in [5, 5.41) is 0. The second kappa shape index (κ2) is 4.65. The fraction of sp³-hybridized carbons (Fsp3) is 0.273. The molecule has 0 aromatic carbocycles. The second-order valence-corrected chi connectivity index (χ2v) is 3.26. The Bertz CT molecular complexity index is 454. The Balaban J connectivity index is 2.12. The van der Waals surface area contributed by atoms with Crippen LogP contribution in [0.5, 0.6) is 5.88 Å². The van der Waals surface area contributed by atoms with E-state index in [2.05, 4.69) is 9.97 Å². The molecule has 2 aromatic rings. The third kappa shape index (κ3) is 2.13. The maximum atomic E-state index is 5.73. The average molecular weight is 219 g/mol. The highest BCUT2D eigenvalue weighted by atomic mass is 16.5. The van der Waals surface area contributed by atoms with Crippen LogP contribution in [-0.4, -0.2) is 9.97 Å². The SMILES string of the molecule is CCc1c(N)ncnc1OCc1ccco1. The highest BCUT2D eigenvalue weighted by molar-refractivity contribution is 5.44. The quantitative estimate of drug-likeness (QED) is 0.848. The van der Waals surface area contributed by atoms with E-state index in [4.69, 9.17) is 14.9 Å². The first-order chi connectivity index (χ1) is 7.81. The summed E-state index contributed by atoms with van der Waals surface area (Å²) in [5.74, 6) is 1.73. The molecule has 84 valence electrons. The Morgan fingerprint density at radius 2 is 2.31 bits per heavy atom. The molecule has 0 aliphatic carbocycles. The van der Waals surface area contributed by atoms with E-state index in [1.54, 1.807) is 6.26 Å². The Kier molecular flexibility index (Phi) is 3.05. The highest BCUT2D eigenvalue weighted by Crippen LogP contribution is 2.20. The van der Waals surface area contributed by atoms with Crippen molar-refractivity contribution in [1.29, 1.82) is 0 Å². The van der Waals surface area contributed by atoms with Crippen LogP contribution in [0.25, 0.3) is 0 Å². The molecule has 0 amide bonds. The number of hydrogen-bond acceptors (Lipinski definition) is 5. The van der Waals surface area contributed by atoms with Crippen LogP contribution in [0.4, 0.5) is 5.82 Å². The molecule has 2 N–H and O–H groups in total. The van der Waals surface area contributed by atoms with E-state index < -0.39 is 0 Å². The molecule has 5 nitrogen and oxygen atoms in total. The molecule has 2 heterocycles. The summed E-state index contributed by atoms with van der Waals surface area (Å²) in [6.07, 6.45) is 3.74. The number of nitrogens with zero attached hydrogens (tertiary/aromatic N) is 2. The molecule has 0 fully saturated rings. The largest absolute Gasteiger partial charge is 0.469 e. The van der Waals surface area contributed by atoms with Gasteiger partial charge in [0.1, 0.15) is 24.5 Å². The first-order valence-corrected chi connectivity index (χ1v) is 5.05. The highest BCUT2D eigenvalue weighted by Gasteiger charge is 2.08. The lowest BCUT2D eigenvalue weighted by molar-refractivity contribution is 0.258. The molecule has 2 rings (SSSR count). The van der Waals surface area contributed by atoms with Gasteiger partial charge in [0.05, 0.1) is 11.8 Å². The van der Waals surface area contributed by atoms with Crippen LogP contribution < -0.4 is 10.5 Å². The first kappa shape index (κ1) is 10.5. The number of hydrogen-bond donors (Lipinski definition) is 1. The predicted molar refractivity (Wildman–Crippen MR) is 58.9 cm³/mol. The second-order valence-electron chi connectivity index (χ2n) is 3.26. The standard InChI is InChI=1S/C11H13N3O2/c1-2-9-10(12)13-7-14-11(9)16-6-8-4-3-5-15-8/h3-5,7H,2,6H2,1H3,(H2,12,13,14). The lowest BCUT2D eigenvalue weighted by Gasteiger charge is -2.08. The van der Waals surface area contributed by atoms with Crippen molar-refractivity contribution in [3.8, 4) is 5.88 Å². The molecule has 0 saturated carbocycles. The van der Waals surface area contributed by atoms with Gasteiger partial charge in [0.25, 0.3) is 0 Å². The molecular formula is C11H13N3O2. The summed E-state index contributed by atoms with van der Waals surface area (Å²) in [4.78, 5) is 7.97. The van der Waals surface area contributed by atoms with Crippen LogP contribution in [0.2, 0.25) is 0 Å². The zero-order valence-electron chi connectivity index (χ0n) is 9.01. The van der Waals surface area contributed by atoms with Crippen LogP contribution in [0.15, 0.2) is 29.1 Å². The molecule has 0 unspecified atom stereocenters. The summed E-state index contributed by atoms with van der Waals surface area (Å²) < 4.78 is 10.7. The molecule has 0 saturated heterocycles. The van der Waals surface area contributed by atoms with E-state index >= 15 is 0 Å². The van der Waals surface area contributed by atoms with Crippen molar-refractivity contribution in [2.45, 2.75) is 20.0 Å². The Hall–Kier alpha value is -2.04. The summed E-state index contributed by atoms with van der Waals surface area (Å²) in [6, 6.07) is 3.66. The Labute approximate surface area is 93.3 Å². The van der Waals surface area contributed by atoms with Gasteiger partial charge in [-0.25, -0.2) is 9.97 Å². The van der Waals surface area contributed by atoms with E-state index in [9.17, 15) is 0 Å². The zero-order valence-corrected chi connectivity index (χ0v) is 9.01. The number of aromatic nitrogens is 2. The van der Waals surface area contributed by atoms with Crippen molar-refractivity contribution >= 4 is 5.82 Å². The van der Waals surface area contributed by atoms with Gasteiger partial charge in [-0.15, -0.1) is 0 Å². The minimum Gasteiger partial charge on any atom is -0.469 e. The van der Waals surface area contributed by atoms with E-state index in [0.717, 1.165) is 17.7 Å².